The Bertz CT molecular complexity index is 802. The van der Waals surface area contributed by atoms with E-state index in [1.165, 1.54) is 0 Å². The van der Waals surface area contributed by atoms with Crippen LogP contribution in [0, 0.1) is 6.92 Å². The van der Waals surface area contributed by atoms with Gasteiger partial charge in [0.05, 0.1) is 16.2 Å². The number of aliphatic carboxylic acids is 1. The molecule has 0 radical (unpaired) electrons. The standard InChI is InChI=1S/C18H21NO4S.ClH/c1-14-3-7-16(8-4-14)24(22,23)17-9-5-15(6-10-17)13-19(2)12-11-18(20)21;/h3-10H,11-13H2,1-2H3,(H,20,21);1H. The Kier molecular flexibility index (Phi) is 7.60. The fourth-order valence-electron chi connectivity index (χ4n) is 2.30. The number of hydrogen-bond donors (Lipinski definition) is 1. The number of hydrogen-bond acceptors (Lipinski definition) is 4. The molecule has 7 heteroatoms. The van der Waals surface area contributed by atoms with Gasteiger partial charge in [-0.15, -0.1) is 12.4 Å². The van der Waals surface area contributed by atoms with Gasteiger partial charge in [-0.2, -0.15) is 0 Å². The molecule has 0 aliphatic rings. The molecule has 0 aromatic heterocycles. The molecule has 0 unspecified atom stereocenters. The first-order chi connectivity index (χ1) is 11.3. The summed E-state index contributed by atoms with van der Waals surface area (Å²) in [5.74, 6) is -0.832. The minimum atomic E-state index is -3.51. The van der Waals surface area contributed by atoms with Crippen LogP contribution in [-0.4, -0.2) is 38.0 Å². The van der Waals surface area contributed by atoms with Crippen molar-refractivity contribution in [2.75, 3.05) is 13.6 Å². The average Bonchev–Trinajstić information content (AvgIpc) is 2.54. The largest absolute Gasteiger partial charge is 0.481 e. The van der Waals surface area contributed by atoms with Gasteiger partial charge in [0.1, 0.15) is 0 Å². The number of aryl methyl sites for hydroxylation is 1. The highest BCUT2D eigenvalue weighted by Gasteiger charge is 2.17. The number of carbonyl (C=O) groups is 1. The first kappa shape index (κ1) is 21.2. The normalized spacial score (nSPS) is 11.2. The molecule has 0 heterocycles. The molecular weight excluding hydrogens is 362 g/mol. The molecule has 0 aliphatic carbocycles. The number of rotatable bonds is 7. The van der Waals surface area contributed by atoms with Crippen molar-refractivity contribution in [2.45, 2.75) is 29.7 Å². The summed E-state index contributed by atoms with van der Waals surface area (Å²) in [5.41, 5.74) is 1.94. The third-order valence-electron chi connectivity index (χ3n) is 3.72. The van der Waals surface area contributed by atoms with E-state index >= 15 is 0 Å². The minimum Gasteiger partial charge on any atom is -0.481 e. The van der Waals surface area contributed by atoms with Gasteiger partial charge in [0.25, 0.3) is 0 Å². The Hall–Kier alpha value is -1.89. The molecule has 5 nitrogen and oxygen atoms in total. The van der Waals surface area contributed by atoms with Gasteiger partial charge in [0, 0.05) is 13.1 Å². The van der Waals surface area contributed by atoms with Crippen molar-refractivity contribution in [2.24, 2.45) is 0 Å². The van der Waals surface area contributed by atoms with Gasteiger partial charge in [-0.25, -0.2) is 8.42 Å². The average molecular weight is 384 g/mol. The van der Waals surface area contributed by atoms with Gasteiger partial charge in [-0.3, -0.25) is 4.79 Å². The Morgan fingerprint density at radius 1 is 1.00 bits per heavy atom. The van der Waals surface area contributed by atoms with Crippen LogP contribution in [0.1, 0.15) is 17.5 Å². The van der Waals surface area contributed by atoms with E-state index in [9.17, 15) is 13.2 Å². The Morgan fingerprint density at radius 3 is 1.96 bits per heavy atom. The Balaban J connectivity index is 0.00000312. The fraction of sp³-hybridized carbons (Fsp3) is 0.278. The van der Waals surface area contributed by atoms with Crippen molar-refractivity contribution in [3.05, 3.63) is 59.7 Å². The van der Waals surface area contributed by atoms with Crippen LogP contribution in [-0.2, 0) is 21.2 Å². The van der Waals surface area contributed by atoms with Crippen LogP contribution < -0.4 is 0 Å². The first-order valence-electron chi connectivity index (χ1n) is 7.60. The third-order valence-corrected chi connectivity index (χ3v) is 5.51. The summed E-state index contributed by atoms with van der Waals surface area (Å²) in [4.78, 5) is 13.0. The van der Waals surface area contributed by atoms with E-state index in [0.717, 1.165) is 11.1 Å². The number of nitrogens with zero attached hydrogens (tertiary/aromatic N) is 1. The van der Waals surface area contributed by atoms with Crippen LogP contribution in [0.3, 0.4) is 0 Å². The van der Waals surface area contributed by atoms with Crippen LogP contribution in [0.2, 0.25) is 0 Å². The highest BCUT2D eigenvalue weighted by atomic mass is 35.5. The molecule has 2 aromatic carbocycles. The molecule has 0 aliphatic heterocycles. The maximum atomic E-state index is 12.6. The first-order valence-corrected chi connectivity index (χ1v) is 9.08. The lowest BCUT2D eigenvalue weighted by Crippen LogP contribution is -2.21. The van der Waals surface area contributed by atoms with Crippen molar-refractivity contribution in [1.82, 2.24) is 4.90 Å². The van der Waals surface area contributed by atoms with Gasteiger partial charge in [-0.1, -0.05) is 29.8 Å². The van der Waals surface area contributed by atoms with Gasteiger partial charge in [0.15, 0.2) is 0 Å². The molecule has 0 atom stereocenters. The van der Waals surface area contributed by atoms with Crippen LogP contribution >= 0.6 is 12.4 Å². The molecule has 0 amide bonds. The minimum absolute atomic E-state index is 0. The van der Waals surface area contributed by atoms with Gasteiger partial charge in [-0.05, 0) is 43.8 Å². The zero-order chi connectivity index (χ0) is 17.7. The van der Waals surface area contributed by atoms with E-state index in [1.54, 1.807) is 48.5 Å². The van der Waals surface area contributed by atoms with Crippen molar-refractivity contribution in [1.29, 1.82) is 0 Å². The predicted octanol–water partition coefficient (Wildman–Crippen LogP) is 3.16. The second kappa shape index (κ2) is 8.99. The summed E-state index contributed by atoms with van der Waals surface area (Å²) in [6.07, 6.45) is 0.0797. The summed E-state index contributed by atoms with van der Waals surface area (Å²) in [5, 5.41) is 8.69. The summed E-state index contributed by atoms with van der Waals surface area (Å²) in [7, 11) is -1.68. The monoisotopic (exact) mass is 383 g/mol. The summed E-state index contributed by atoms with van der Waals surface area (Å²) in [6.45, 7) is 2.92. The number of carboxylic acids is 1. The van der Waals surface area contributed by atoms with Crippen LogP contribution in [0.25, 0.3) is 0 Å². The van der Waals surface area contributed by atoms with Gasteiger partial charge >= 0.3 is 5.97 Å². The molecule has 25 heavy (non-hydrogen) atoms. The lowest BCUT2D eigenvalue weighted by Gasteiger charge is -2.15. The Morgan fingerprint density at radius 2 is 1.48 bits per heavy atom. The Labute approximate surface area is 154 Å². The maximum Gasteiger partial charge on any atom is 0.304 e. The lowest BCUT2D eigenvalue weighted by molar-refractivity contribution is -0.137. The van der Waals surface area contributed by atoms with Crippen LogP contribution in [0.5, 0.6) is 0 Å². The van der Waals surface area contributed by atoms with Crippen molar-refractivity contribution in [3.8, 4) is 0 Å². The second-order valence-corrected chi connectivity index (χ2v) is 7.79. The van der Waals surface area contributed by atoms with Crippen LogP contribution in [0.4, 0.5) is 0 Å². The number of halogens is 1. The number of carboxylic acid groups (broad SMARTS) is 1. The smallest absolute Gasteiger partial charge is 0.304 e. The molecule has 0 saturated carbocycles. The quantitative estimate of drug-likeness (QED) is 0.794. The van der Waals surface area contributed by atoms with E-state index in [0.29, 0.717) is 13.1 Å². The van der Waals surface area contributed by atoms with E-state index in [2.05, 4.69) is 0 Å². The molecule has 0 spiro atoms. The predicted molar refractivity (Wildman–Crippen MR) is 98.9 cm³/mol. The van der Waals surface area contributed by atoms with E-state index in [4.69, 9.17) is 5.11 Å². The number of sulfone groups is 1. The molecular formula is C18H22ClNO4S. The molecule has 0 fully saturated rings. The van der Waals surface area contributed by atoms with Gasteiger partial charge in [0.2, 0.25) is 9.84 Å². The summed E-state index contributed by atoms with van der Waals surface area (Å²) in [6, 6.07) is 13.5. The second-order valence-electron chi connectivity index (χ2n) is 5.84. The van der Waals surface area contributed by atoms with Crippen LogP contribution in [0.15, 0.2) is 58.3 Å². The SMILES string of the molecule is Cc1ccc(S(=O)(=O)c2ccc(CN(C)CCC(=O)O)cc2)cc1.Cl. The zero-order valence-corrected chi connectivity index (χ0v) is 15.8. The molecule has 1 N–H and O–H groups in total. The molecule has 0 bridgehead atoms. The van der Waals surface area contributed by atoms with Crippen molar-refractivity contribution >= 4 is 28.2 Å². The van der Waals surface area contributed by atoms with Crippen molar-refractivity contribution < 1.29 is 18.3 Å². The summed E-state index contributed by atoms with van der Waals surface area (Å²) >= 11 is 0. The van der Waals surface area contributed by atoms with E-state index in [1.807, 2.05) is 18.9 Å². The van der Waals surface area contributed by atoms with E-state index in [-0.39, 0.29) is 28.6 Å². The van der Waals surface area contributed by atoms with Gasteiger partial charge < -0.3 is 10.0 Å². The fourth-order valence-corrected chi connectivity index (χ4v) is 3.57. The molecule has 2 aromatic rings. The van der Waals surface area contributed by atoms with E-state index < -0.39 is 15.8 Å². The third kappa shape index (κ3) is 5.85. The topological polar surface area (TPSA) is 74.7 Å². The van der Waals surface area contributed by atoms with Crippen molar-refractivity contribution in [3.63, 3.8) is 0 Å². The zero-order valence-electron chi connectivity index (χ0n) is 14.2. The molecule has 0 saturated heterocycles. The highest BCUT2D eigenvalue weighted by Crippen LogP contribution is 2.21. The lowest BCUT2D eigenvalue weighted by atomic mass is 10.2. The molecule has 136 valence electrons. The highest BCUT2D eigenvalue weighted by molar-refractivity contribution is 7.91. The number of benzene rings is 2. The maximum absolute atomic E-state index is 12.6. The summed E-state index contributed by atoms with van der Waals surface area (Å²) < 4.78 is 25.2. The molecule has 2 rings (SSSR count).